The summed E-state index contributed by atoms with van der Waals surface area (Å²) in [6, 6.07) is 5.12. The fraction of sp³-hybridized carbons (Fsp3) is 0.571. The van der Waals surface area contributed by atoms with Gasteiger partial charge in [-0.25, -0.2) is 8.42 Å². The van der Waals surface area contributed by atoms with E-state index in [9.17, 15) is 8.42 Å². The molecule has 0 spiro atoms. The van der Waals surface area contributed by atoms with Crippen molar-refractivity contribution in [2.75, 3.05) is 13.7 Å². The van der Waals surface area contributed by atoms with Crippen molar-refractivity contribution in [2.24, 2.45) is 0 Å². The molecule has 0 unspecified atom stereocenters. The molecule has 106 valence electrons. The minimum absolute atomic E-state index is 0.0844. The van der Waals surface area contributed by atoms with E-state index in [0.717, 1.165) is 24.8 Å². The summed E-state index contributed by atoms with van der Waals surface area (Å²) in [4.78, 5) is 0.361. The van der Waals surface area contributed by atoms with Crippen molar-refractivity contribution in [1.82, 2.24) is 4.31 Å². The molecule has 0 aromatic heterocycles. The van der Waals surface area contributed by atoms with Crippen LogP contribution in [0.2, 0.25) is 0 Å². The van der Waals surface area contributed by atoms with Crippen LogP contribution in [0.25, 0.3) is 0 Å². The first-order valence-corrected chi connectivity index (χ1v) is 8.07. The minimum Gasteiger partial charge on any atom is -0.496 e. The quantitative estimate of drug-likeness (QED) is 0.856. The summed E-state index contributed by atoms with van der Waals surface area (Å²) >= 11 is 0. The third-order valence-electron chi connectivity index (χ3n) is 3.71. The van der Waals surface area contributed by atoms with Crippen molar-refractivity contribution in [2.45, 2.75) is 44.0 Å². The Morgan fingerprint density at radius 2 is 2.05 bits per heavy atom. The Kier molecular flexibility index (Phi) is 4.16. The van der Waals surface area contributed by atoms with E-state index in [1.54, 1.807) is 29.6 Å². The van der Waals surface area contributed by atoms with Crippen LogP contribution in [0.3, 0.4) is 0 Å². The summed E-state index contributed by atoms with van der Waals surface area (Å²) in [5.41, 5.74) is 0.841. The van der Waals surface area contributed by atoms with Gasteiger partial charge in [0.05, 0.1) is 12.0 Å². The summed E-state index contributed by atoms with van der Waals surface area (Å²) < 4.78 is 32.1. The number of hydrogen-bond donors (Lipinski definition) is 0. The number of sulfonamides is 1. The lowest BCUT2D eigenvalue weighted by atomic mass is 10.1. The van der Waals surface area contributed by atoms with Crippen molar-refractivity contribution in [3.8, 4) is 5.75 Å². The zero-order valence-corrected chi connectivity index (χ0v) is 12.5. The second-order valence-corrected chi connectivity index (χ2v) is 6.98. The van der Waals surface area contributed by atoms with Crippen molar-refractivity contribution < 1.29 is 13.2 Å². The number of benzene rings is 1. The van der Waals surface area contributed by atoms with E-state index in [4.69, 9.17) is 4.74 Å². The third-order valence-corrected chi connectivity index (χ3v) is 5.72. The van der Waals surface area contributed by atoms with Gasteiger partial charge in [0, 0.05) is 12.6 Å². The van der Waals surface area contributed by atoms with E-state index in [0.29, 0.717) is 17.2 Å². The van der Waals surface area contributed by atoms with E-state index in [2.05, 4.69) is 0 Å². The molecule has 1 heterocycles. The van der Waals surface area contributed by atoms with Gasteiger partial charge < -0.3 is 4.74 Å². The number of nitrogens with zero attached hydrogens (tertiary/aromatic N) is 1. The number of ether oxygens (including phenoxy) is 1. The molecule has 0 aliphatic carbocycles. The van der Waals surface area contributed by atoms with Gasteiger partial charge in [0.25, 0.3) is 0 Å². The van der Waals surface area contributed by atoms with Crippen molar-refractivity contribution in [3.63, 3.8) is 0 Å². The van der Waals surface area contributed by atoms with Crippen LogP contribution in [-0.4, -0.2) is 32.4 Å². The first-order valence-electron chi connectivity index (χ1n) is 6.63. The van der Waals surface area contributed by atoms with Crippen LogP contribution >= 0.6 is 0 Å². The van der Waals surface area contributed by atoms with Gasteiger partial charge in [0.1, 0.15) is 5.75 Å². The largest absolute Gasteiger partial charge is 0.496 e. The molecule has 0 bridgehead atoms. The predicted molar refractivity (Wildman–Crippen MR) is 74.9 cm³/mol. The molecule has 1 saturated heterocycles. The standard InChI is InChI=1S/C14H21NO3S/c1-11-10-13(7-8-14(11)18-3)19(16,17)15-9-5-4-6-12(15)2/h7-8,10,12H,4-6,9H2,1-3H3/t12-/m1/s1. The smallest absolute Gasteiger partial charge is 0.243 e. The molecular weight excluding hydrogens is 262 g/mol. The molecule has 1 aromatic carbocycles. The number of hydrogen-bond acceptors (Lipinski definition) is 3. The lowest BCUT2D eigenvalue weighted by Gasteiger charge is -2.32. The summed E-state index contributed by atoms with van der Waals surface area (Å²) in [6.07, 6.45) is 2.99. The fourth-order valence-electron chi connectivity index (χ4n) is 2.58. The van der Waals surface area contributed by atoms with Gasteiger partial charge in [-0.1, -0.05) is 6.42 Å². The van der Waals surface area contributed by atoms with E-state index in [1.807, 2.05) is 13.8 Å². The van der Waals surface area contributed by atoms with Gasteiger partial charge in [0.15, 0.2) is 0 Å². The summed E-state index contributed by atoms with van der Waals surface area (Å²) in [7, 11) is -1.79. The molecule has 0 saturated carbocycles. The van der Waals surface area contributed by atoms with Crippen LogP contribution < -0.4 is 4.74 Å². The molecule has 0 amide bonds. The molecule has 4 nitrogen and oxygen atoms in total. The monoisotopic (exact) mass is 283 g/mol. The zero-order chi connectivity index (χ0) is 14.0. The lowest BCUT2D eigenvalue weighted by molar-refractivity contribution is 0.268. The first kappa shape index (κ1) is 14.3. The maximum Gasteiger partial charge on any atom is 0.243 e. The second-order valence-electron chi connectivity index (χ2n) is 5.09. The van der Waals surface area contributed by atoms with Gasteiger partial charge in [-0.2, -0.15) is 4.31 Å². The van der Waals surface area contributed by atoms with Crippen molar-refractivity contribution in [1.29, 1.82) is 0 Å². The predicted octanol–water partition coefficient (Wildman–Crippen LogP) is 2.57. The molecule has 1 aromatic rings. The van der Waals surface area contributed by atoms with Crippen molar-refractivity contribution >= 4 is 10.0 Å². The molecule has 0 radical (unpaired) electrons. The molecule has 19 heavy (non-hydrogen) atoms. The molecule has 1 fully saturated rings. The number of rotatable bonds is 3. The number of methoxy groups -OCH3 is 1. The van der Waals surface area contributed by atoms with Crippen molar-refractivity contribution in [3.05, 3.63) is 23.8 Å². The van der Waals surface area contributed by atoms with Gasteiger partial charge in [-0.05, 0) is 50.5 Å². The van der Waals surface area contributed by atoms with Crippen LogP contribution in [0, 0.1) is 6.92 Å². The third kappa shape index (κ3) is 2.77. The Bertz CT molecular complexity index is 554. The van der Waals surface area contributed by atoms with E-state index in [1.165, 1.54) is 0 Å². The Labute approximate surface area is 115 Å². The Balaban J connectivity index is 2.36. The summed E-state index contributed by atoms with van der Waals surface area (Å²) in [5.74, 6) is 0.714. The molecule has 2 rings (SSSR count). The highest BCUT2D eigenvalue weighted by molar-refractivity contribution is 7.89. The zero-order valence-electron chi connectivity index (χ0n) is 11.7. The van der Waals surface area contributed by atoms with Gasteiger partial charge in [-0.3, -0.25) is 0 Å². The fourth-order valence-corrected chi connectivity index (χ4v) is 4.36. The highest BCUT2D eigenvalue weighted by Gasteiger charge is 2.31. The molecule has 5 heteroatoms. The highest BCUT2D eigenvalue weighted by atomic mass is 32.2. The topological polar surface area (TPSA) is 46.6 Å². The molecule has 1 atom stereocenters. The van der Waals surface area contributed by atoms with Crippen LogP contribution in [-0.2, 0) is 10.0 Å². The Hall–Kier alpha value is -1.07. The summed E-state index contributed by atoms with van der Waals surface area (Å²) in [5, 5.41) is 0. The van der Waals surface area contributed by atoms with E-state index >= 15 is 0 Å². The number of aryl methyl sites for hydroxylation is 1. The van der Waals surface area contributed by atoms with Gasteiger partial charge in [0.2, 0.25) is 10.0 Å². The maximum atomic E-state index is 12.6. The van der Waals surface area contributed by atoms with Gasteiger partial charge >= 0.3 is 0 Å². The molecular formula is C14H21NO3S. The Morgan fingerprint density at radius 3 is 2.63 bits per heavy atom. The van der Waals surface area contributed by atoms with Crippen LogP contribution in [0.15, 0.2) is 23.1 Å². The van der Waals surface area contributed by atoms with E-state index < -0.39 is 10.0 Å². The average molecular weight is 283 g/mol. The highest BCUT2D eigenvalue weighted by Crippen LogP contribution is 2.27. The Morgan fingerprint density at radius 1 is 1.32 bits per heavy atom. The summed E-state index contributed by atoms with van der Waals surface area (Å²) in [6.45, 7) is 4.46. The first-order chi connectivity index (χ1) is 8.96. The molecule has 1 aliphatic rings. The van der Waals surface area contributed by atoms with Gasteiger partial charge in [-0.15, -0.1) is 0 Å². The SMILES string of the molecule is COc1ccc(S(=O)(=O)N2CCCC[C@H]2C)cc1C. The minimum atomic E-state index is -3.38. The normalized spacial score (nSPS) is 21.3. The molecule has 0 N–H and O–H groups in total. The second kappa shape index (κ2) is 5.51. The average Bonchev–Trinajstić information content (AvgIpc) is 2.39. The number of piperidine rings is 1. The van der Waals surface area contributed by atoms with Crippen LogP contribution in [0.1, 0.15) is 31.7 Å². The van der Waals surface area contributed by atoms with Crippen LogP contribution in [0.5, 0.6) is 5.75 Å². The van der Waals surface area contributed by atoms with Crippen LogP contribution in [0.4, 0.5) is 0 Å². The van der Waals surface area contributed by atoms with E-state index in [-0.39, 0.29) is 6.04 Å². The maximum absolute atomic E-state index is 12.6. The lowest BCUT2D eigenvalue weighted by Crippen LogP contribution is -2.41. The molecule has 1 aliphatic heterocycles.